The van der Waals surface area contributed by atoms with E-state index in [-0.39, 0.29) is 19.4 Å². The maximum absolute atomic E-state index is 12.6. The van der Waals surface area contributed by atoms with E-state index in [0.717, 1.165) is 64.2 Å². The fourth-order valence-electron chi connectivity index (χ4n) is 6.03. The highest BCUT2D eigenvalue weighted by Gasteiger charge is 2.27. The number of aliphatic hydroxyl groups excluding tert-OH is 2. The molecule has 0 bridgehead atoms. The second kappa shape index (κ2) is 43.7. The molecule has 3 N–H and O–H groups in total. The zero-order chi connectivity index (χ0) is 43.3. The second-order valence-electron chi connectivity index (χ2n) is 15.4. The molecule has 0 amide bonds. The molecule has 10 nitrogen and oxygen atoms in total. The Morgan fingerprint density at radius 3 is 1.39 bits per heavy atom. The highest BCUT2D eigenvalue weighted by atomic mass is 31.2. The van der Waals surface area contributed by atoms with E-state index in [9.17, 15) is 24.2 Å². The summed E-state index contributed by atoms with van der Waals surface area (Å²) in [6.45, 7) is 2.31. The van der Waals surface area contributed by atoms with E-state index >= 15 is 0 Å². The molecule has 0 saturated carbocycles. The molecule has 11 heteroatoms. The lowest BCUT2D eigenvalue weighted by atomic mass is 10.1. The average Bonchev–Trinajstić information content (AvgIpc) is 3.22. The summed E-state index contributed by atoms with van der Waals surface area (Å²) >= 11 is 0. The number of phosphoric acid groups is 1. The van der Waals surface area contributed by atoms with Crippen molar-refractivity contribution in [2.24, 2.45) is 0 Å². The van der Waals surface area contributed by atoms with Gasteiger partial charge in [-0.25, -0.2) is 4.57 Å². The zero-order valence-corrected chi connectivity index (χ0v) is 38.1. The van der Waals surface area contributed by atoms with Crippen molar-refractivity contribution in [1.82, 2.24) is 0 Å². The number of phosphoric ester groups is 1. The largest absolute Gasteiger partial charge is 0.472 e. The third-order valence-corrected chi connectivity index (χ3v) is 10.6. The summed E-state index contributed by atoms with van der Waals surface area (Å²) in [7, 11) is -4.63. The first-order valence-corrected chi connectivity index (χ1v) is 24.7. The minimum Gasteiger partial charge on any atom is -0.462 e. The molecule has 0 aliphatic carbocycles. The van der Waals surface area contributed by atoms with Crippen LogP contribution in [0.3, 0.4) is 0 Å². The van der Waals surface area contributed by atoms with Crippen molar-refractivity contribution in [2.45, 2.75) is 206 Å². The molecule has 59 heavy (non-hydrogen) atoms. The van der Waals surface area contributed by atoms with Crippen molar-refractivity contribution in [3.05, 3.63) is 60.8 Å². The molecular weight excluding hydrogens is 767 g/mol. The van der Waals surface area contributed by atoms with Crippen LogP contribution in [0.5, 0.6) is 0 Å². The first kappa shape index (κ1) is 56.7. The summed E-state index contributed by atoms with van der Waals surface area (Å²) in [5, 5.41) is 18.4. The number of hydrogen-bond donors (Lipinski definition) is 3. The fourth-order valence-corrected chi connectivity index (χ4v) is 6.82. The summed E-state index contributed by atoms with van der Waals surface area (Å²) in [6.07, 6.45) is 48.9. The molecule has 0 aromatic carbocycles. The number of unbranched alkanes of at least 4 members (excludes halogenated alkanes) is 19. The Labute approximate surface area is 359 Å². The number of esters is 2. The lowest BCUT2D eigenvalue weighted by molar-refractivity contribution is -0.161. The van der Waals surface area contributed by atoms with Crippen molar-refractivity contribution in [3.63, 3.8) is 0 Å². The van der Waals surface area contributed by atoms with E-state index in [0.29, 0.717) is 12.8 Å². The Morgan fingerprint density at radius 1 is 0.508 bits per heavy atom. The normalized spacial score (nSPS) is 14.3. The highest BCUT2D eigenvalue weighted by molar-refractivity contribution is 7.47. The number of carbonyl (C=O) groups excluding carboxylic acids is 2. The Morgan fingerprint density at radius 2 is 0.881 bits per heavy atom. The van der Waals surface area contributed by atoms with E-state index in [1.54, 1.807) is 0 Å². The Balaban J connectivity index is 4.33. The van der Waals surface area contributed by atoms with Gasteiger partial charge in [0.2, 0.25) is 0 Å². The number of rotatable bonds is 43. The van der Waals surface area contributed by atoms with Gasteiger partial charge in [-0.2, -0.15) is 0 Å². The van der Waals surface area contributed by atoms with Gasteiger partial charge >= 0.3 is 19.8 Å². The van der Waals surface area contributed by atoms with E-state index in [1.807, 2.05) is 0 Å². The first-order chi connectivity index (χ1) is 28.7. The predicted molar refractivity (Wildman–Crippen MR) is 242 cm³/mol. The van der Waals surface area contributed by atoms with Crippen LogP contribution in [0, 0.1) is 0 Å². The van der Waals surface area contributed by atoms with Crippen molar-refractivity contribution in [3.8, 4) is 0 Å². The molecule has 0 aliphatic rings. The molecule has 0 aromatic heterocycles. The van der Waals surface area contributed by atoms with E-state index in [1.165, 1.54) is 89.9 Å². The molecule has 0 spiro atoms. The fraction of sp³-hybridized carbons (Fsp3) is 0.750. The summed E-state index contributed by atoms with van der Waals surface area (Å²) in [5.74, 6) is -0.967. The van der Waals surface area contributed by atoms with Gasteiger partial charge in [0.25, 0.3) is 0 Å². The predicted octanol–water partition coefficient (Wildman–Crippen LogP) is 12.7. The molecule has 342 valence electrons. The van der Waals surface area contributed by atoms with Crippen LogP contribution >= 0.6 is 7.82 Å². The van der Waals surface area contributed by atoms with Crippen molar-refractivity contribution in [1.29, 1.82) is 0 Å². The van der Waals surface area contributed by atoms with Crippen LogP contribution in [-0.2, 0) is 32.7 Å². The van der Waals surface area contributed by atoms with Crippen LogP contribution in [-0.4, -0.2) is 65.7 Å². The van der Waals surface area contributed by atoms with E-state index in [4.69, 9.17) is 23.6 Å². The van der Waals surface area contributed by atoms with Gasteiger partial charge in [0, 0.05) is 12.8 Å². The number of allylic oxidation sites excluding steroid dienone is 10. The maximum atomic E-state index is 12.6. The third-order valence-electron chi connectivity index (χ3n) is 9.64. The van der Waals surface area contributed by atoms with E-state index < -0.39 is 51.8 Å². The monoisotopic (exact) mass is 853 g/mol. The van der Waals surface area contributed by atoms with Gasteiger partial charge in [0.05, 0.1) is 19.8 Å². The summed E-state index contributed by atoms with van der Waals surface area (Å²) in [4.78, 5) is 35.1. The molecule has 0 saturated heterocycles. The number of aliphatic hydroxyl groups is 2. The molecular formula is C48H85O10P. The number of hydrogen-bond acceptors (Lipinski definition) is 9. The molecule has 0 heterocycles. The molecule has 0 aliphatic heterocycles. The molecule has 0 rings (SSSR count). The van der Waals surface area contributed by atoms with Gasteiger partial charge in [-0.05, 0) is 83.5 Å². The molecule has 0 fully saturated rings. The van der Waals surface area contributed by atoms with Crippen LogP contribution in [0.15, 0.2) is 60.8 Å². The van der Waals surface area contributed by atoms with Crippen LogP contribution in [0.25, 0.3) is 0 Å². The molecule has 3 atom stereocenters. The Kier molecular flexibility index (Phi) is 42.0. The summed E-state index contributed by atoms with van der Waals surface area (Å²) < 4.78 is 32.7. The van der Waals surface area contributed by atoms with Gasteiger partial charge < -0.3 is 24.6 Å². The Hall–Kier alpha value is -2.33. The van der Waals surface area contributed by atoms with E-state index in [2.05, 4.69) is 74.6 Å². The Bertz CT molecular complexity index is 1160. The minimum absolute atomic E-state index is 0.170. The zero-order valence-electron chi connectivity index (χ0n) is 37.2. The quantitative estimate of drug-likeness (QED) is 0.0234. The smallest absolute Gasteiger partial charge is 0.462 e. The SMILES string of the molecule is CCCCC/C=C\C/C=C\C/C=C\C/C=C\CCCCCC(=O)OC[C@H](COP(=O)(O)OC[C@@H](O)CO)OC(=O)CCCCCCCCC/C=C\CCCCCCCC. The average molecular weight is 853 g/mol. The number of carbonyl (C=O) groups is 2. The summed E-state index contributed by atoms with van der Waals surface area (Å²) in [5.41, 5.74) is 0. The molecule has 0 radical (unpaired) electrons. The van der Waals surface area contributed by atoms with Crippen LogP contribution in [0.2, 0.25) is 0 Å². The van der Waals surface area contributed by atoms with Crippen LogP contribution < -0.4 is 0 Å². The van der Waals surface area contributed by atoms with Crippen LogP contribution in [0.1, 0.15) is 194 Å². The molecule has 0 aromatic rings. The van der Waals surface area contributed by atoms with Crippen molar-refractivity contribution < 1.29 is 47.8 Å². The first-order valence-electron chi connectivity index (χ1n) is 23.2. The number of ether oxygens (including phenoxy) is 2. The van der Waals surface area contributed by atoms with Gasteiger partial charge in [-0.1, -0.05) is 158 Å². The highest BCUT2D eigenvalue weighted by Crippen LogP contribution is 2.43. The lowest BCUT2D eigenvalue weighted by Crippen LogP contribution is -2.29. The topological polar surface area (TPSA) is 149 Å². The second-order valence-corrected chi connectivity index (χ2v) is 16.9. The maximum Gasteiger partial charge on any atom is 0.472 e. The van der Waals surface area contributed by atoms with Crippen LogP contribution in [0.4, 0.5) is 0 Å². The minimum atomic E-state index is -4.63. The third kappa shape index (κ3) is 43.6. The standard InChI is InChI=1S/C48H85O10P/c1-3-5-7-9-11-13-15-17-19-21-22-24-25-27-29-31-33-35-37-39-47(51)55-43-46(44-57-59(53,54)56-42-45(50)41-49)58-48(52)40-38-36-34-32-30-28-26-23-20-18-16-14-12-10-8-6-4-2/h11,13,17-20,22,24,27,29,45-46,49-50H,3-10,12,14-16,21,23,25-26,28,30-44H2,1-2H3,(H,53,54)/b13-11-,19-17-,20-18-,24-22-,29-27-/t45-,46+/m0/s1. The van der Waals surface area contributed by atoms with Gasteiger partial charge in [-0.3, -0.25) is 18.6 Å². The van der Waals surface area contributed by atoms with Gasteiger partial charge in [0.1, 0.15) is 12.7 Å². The van der Waals surface area contributed by atoms with Gasteiger partial charge in [0.15, 0.2) is 6.10 Å². The van der Waals surface area contributed by atoms with Crippen molar-refractivity contribution >= 4 is 19.8 Å². The molecule has 1 unspecified atom stereocenters. The lowest BCUT2D eigenvalue weighted by Gasteiger charge is -2.20. The summed E-state index contributed by atoms with van der Waals surface area (Å²) in [6, 6.07) is 0. The van der Waals surface area contributed by atoms with Gasteiger partial charge in [-0.15, -0.1) is 0 Å². The van der Waals surface area contributed by atoms with Crippen molar-refractivity contribution in [2.75, 3.05) is 26.4 Å².